The molecule has 1 N–H and O–H groups in total. The van der Waals surface area contributed by atoms with Crippen molar-refractivity contribution in [1.82, 2.24) is 15.1 Å². The zero-order valence-corrected chi connectivity index (χ0v) is 15.6. The zero-order valence-electron chi connectivity index (χ0n) is 15.6. The number of carbonyl (C=O) groups is 1. The first kappa shape index (κ1) is 18.1. The second kappa shape index (κ2) is 8.09. The number of para-hydroxylation sites is 1. The average Bonchev–Trinajstić information content (AvgIpc) is 2.59. The number of nitrogens with zero attached hydrogens (tertiary/aromatic N) is 2. The predicted molar refractivity (Wildman–Crippen MR) is 99.9 cm³/mol. The lowest BCUT2D eigenvalue weighted by atomic mass is 9.79. The lowest BCUT2D eigenvalue weighted by Crippen LogP contribution is -2.68. The molecule has 3 rings (SSSR count). The molecule has 2 aliphatic heterocycles. The molecule has 0 spiro atoms. The summed E-state index contributed by atoms with van der Waals surface area (Å²) in [6, 6.07) is 11.2. The highest BCUT2D eigenvalue weighted by molar-refractivity contribution is 5.74. The molecule has 0 aromatic heterocycles. The summed E-state index contributed by atoms with van der Waals surface area (Å²) in [4.78, 5) is 16.5. The highest BCUT2D eigenvalue weighted by atomic mass is 16.5. The molecule has 2 saturated heterocycles. The molecule has 5 nitrogen and oxygen atoms in total. The number of urea groups is 1. The van der Waals surface area contributed by atoms with Gasteiger partial charge in [0.05, 0.1) is 6.04 Å². The van der Waals surface area contributed by atoms with Crippen LogP contribution in [0.15, 0.2) is 30.3 Å². The smallest absolute Gasteiger partial charge is 0.317 e. The van der Waals surface area contributed by atoms with Crippen LogP contribution in [0.4, 0.5) is 4.79 Å². The second-order valence-electron chi connectivity index (χ2n) is 7.41. The van der Waals surface area contributed by atoms with E-state index in [1.54, 1.807) is 0 Å². The molecule has 25 heavy (non-hydrogen) atoms. The minimum atomic E-state index is 0.0763. The van der Waals surface area contributed by atoms with E-state index in [0.717, 1.165) is 38.2 Å². The van der Waals surface area contributed by atoms with Crippen molar-refractivity contribution in [2.24, 2.45) is 5.92 Å². The van der Waals surface area contributed by atoms with Crippen molar-refractivity contribution in [3.05, 3.63) is 30.3 Å². The number of amides is 2. The molecule has 2 heterocycles. The summed E-state index contributed by atoms with van der Waals surface area (Å²) < 4.78 is 6.27. The maximum absolute atomic E-state index is 12.0. The van der Waals surface area contributed by atoms with Gasteiger partial charge in [-0.1, -0.05) is 18.2 Å². The van der Waals surface area contributed by atoms with Gasteiger partial charge >= 0.3 is 6.03 Å². The Morgan fingerprint density at radius 1 is 1.24 bits per heavy atom. The van der Waals surface area contributed by atoms with E-state index < -0.39 is 0 Å². The fourth-order valence-electron chi connectivity index (χ4n) is 4.13. The highest BCUT2D eigenvalue weighted by Gasteiger charge is 2.47. The van der Waals surface area contributed by atoms with Gasteiger partial charge in [-0.25, -0.2) is 4.79 Å². The molecular formula is C20H31N3O2. The minimum Gasteiger partial charge on any atom is -0.487 e. The van der Waals surface area contributed by atoms with Crippen LogP contribution in [0.2, 0.25) is 0 Å². The van der Waals surface area contributed by atoms with Gasteiger partial charge in [0, 0.05) is 32.2 Å². The van der Waals surface area contributed by atoms with Gasteiger partial charge in [0.2, 0.25) is 0 Å². The van der Waals surface area contributed by atoms with E-state index in [1.807, 2.05) is 42.2 Å². The summed E-state index contributed by atoms with van der Waals surface area (Å²) in [5.41, 5.74) is 0. The van der Waals surface area contributed by atoms with Crippen LogP contribution >= 0.6 is 0 Å². The molecule has 2 amide bonds. The normalized spacial score (nSPS) is 24.9. The van der Waals surface area contributed by atoms with Crippen LogP contribution in [-0.4, -0.2) is 60.2 Å². The van der Waals surface area contributed by atoms with E-state index in [4.69, 9.17) is 4.74 Å². The number of piperidine rings is 1. The van der Waals surface area contributed by atoms with Crippen molar-refractivity contribution in [1.29, 1.82) is 0 Å². The van der Waals surface area contributed by atoms with Crippen LogP contribution in [0.3, 0.4) is 0 Å². The molecule has 0 saturated carbocycles. The molecular weight excluding hydrogens is 314 g/mol. The van der Waals surface area contributed by atoms with E-state index in [1.165, 1.54) is 0 Å². The summed E-state index contributed by atoms with van der Waals surface area (Å²) in [6.07, 6.45) is 2.37. The van der Waals surface area contributed by atoms with Gasteiger partial charge in [-0.15, -0.1) is 0 Å². The number of benzene rings is 1. The van der Waals surface area contributed by atoms with Crippen molar-refractivity contribution in [2.75, 3.05) is 26.2 Å². The Morgan fingerprint density at radius 2 is 1.92 bits per heavy atom. The number of rotatable bonds is 5. The van der Waals surface area contributed by atoms with E-state index in [0.29, 0.717) is 24.5 Å². The van der Waals surface area contributed by atoms with Crippen molar-refractivity contribution in [3.63, 3.8) is 0 Å². The van der Waals surface area contributed by atoms with E-state index in [2.05, 4.69) is 24.1 Å². The first-order valence-corrected chi connectivity index (χ1v) is 9.60. The number of likely N-dealkylation sites (tertiary alicyclic amines) is 2. The average molecular weight is 345 g/mol. The Bertz CT molecular complexity index is 555. The molecule has 0 radical (unpaired) electrons. The van der Waals surface area contributed by atoms with E-state index in [9.17, 15) is 4.79 Å². The van der Waals surface area contributed by atoms with Crippen molar-refractivity contribution in [3.8, 4) is 5.75 Å². The first-order valence-electron chi connectivity index (χ1n) is 9.60. The summed E-state index contributed by atoms with van der Waals surface area (Å²) in [5.74, 6) is 1.55. The van der Waals surface area contributed by atoms with Crippen molar-refractivity contribution >= 4 is 6.03 Å². The maximum atomic E-state index is 12.0. The van der Waals surface area contributed by atoms with Crippen LogP contribution in [-0.2, 0) is 0 Å². The summed E-state index contributed by atoms with van der Waals surface area (Å²) >= 11 is 0. The fourth-order valence-corrected chi connectivity index (χ4v) is 4.13. The quantitative estimate of drug-likeness (QED) is 0.892. The number of hydrogen-bond donors (Lipinski definition) is 1. The second-order valence-corrected chi connectivity index (χ2v) is 7.41. The monoisotopic (exact) mass is 345 g/mol. The Labute approximate surface area is 151 Å². The van der Waals surface area contributed by atoms with Gasteiger partial charge in [-0.2, -0.15) is 0 Å². The highest BCUT2D eigenvalue weighted by Crippen LogP contribution is 2.35. The SMILES string of the molecule is CCNC(=O)N1CCC([C@H]2[C@@H](Oc3ccccc3)CN2C(C)C)CC1. The molecule has 1 aromatic carbocycles. The van der Waals surface area contributed by atoms with Crippen LogP contribution in [0.5, 0.6) is 5.75 Å². The predicted octanol–water partition coefficient (Wildman–Crippen LogP) is 2.97. The van der Waals surface area contributed by atoms with Gasteiger partial charge in [0.1, 0.15) is 11.9 Å². The summed E-state index contributed by atoms with van der Waals surface area (Å²) in [6.45, 7) is 9.85. The molecule has 2 atom stereocenters. The molecule has 5 heteroatoms. The number of nitrogens with one attached hydrogen (secondary N) is 1. The third-order valence-corrected chi connectivity index (χ3v) is 5.49. The number of ether oxygens (including phenoxy) is 1. The van der Waals surface area contributed by atoms with Crippen molar-refractivity contribution in [2.45, 2.75) is 51.8 Å². The van der Waals surface area contributed by atoms with Crippen LogP contribution in [0.1, 0.15) is 33.6 Å². The number of carbonyl (C=O) groups excluding carboxylic acids is 1. The summed E-state index contributed by atoms with van der Waals surface area (Å²) in [7, 11) is 0. The van der Waals surface area contributed by atoms with Gasteiger partial charge in [-0.05, 0) is 51.7 Å². The van der Waals surface area contributed by atoms with Gasteiger partial charge in [0.25, 0.3) is 0 Å². The fraction of sp³-hybridized carbons (Fsp3) is 0.650. The zero-order chi connectivity index (χ0) is 17.8. The first-order chi connectivity index (χ1) is 12.1. The Hall–Kier alpha value is -1.75. The molecule has 0 unspecified atom stereocenters. The topological polar surface area (TPSA) is 44.8 Å². The molecule has 2 aliphatic rings. The lowest BCUT2D eigenvalue weighted by molar-refractivity contribution is -0.0981. The van der Waals surface area contributed by atoms with E-state index in [-0.39, 0.29) is 12.1 Å². The lowest BCUT2D eigenvalue weighted by Gasteiger charge is -2.54. The van der Waals surface area contributed by atoms with Crippen LogP contribution in [0, 0.1) is 5.92 Å². The molecule has 0 bridgehead atoms. The largest absolute Gasteiger partial charge is 0.487 e. The number of hydrogen-bond acceptors (Lipinski definition) is 3. The molecule has 1 aromatic rings. The van der Waals surface area contributed by atoms with E-state index >= 15 is 0 Å². The third kappa shape index (κ3) is 4.09. The Balaban J connectivity index is 1.60. The third-order valence-electron chi connectivity index (χ3n) is 5.49. The molecule has 0 aliphatic carbocycles. The minimum absolute atomic E-state index is 0.0763. The van der Waals surface area contributed by atoms with Crippen LogP contribution in [0.25, 0.3) is 0 Å². The molecule has 2 fully saturated rings. The summed E-state index contributed by atoms with van der Waals surface area (Å²) in [5, 5.41) is 2.91. The standard InChI is InChI=1S/C20H31N3O2/c1-4-21-20(24)22-12-10-16(11-13-22)19-18(14-23(19)15(2)3)25-17-8-6-5-7-9-17/h5-9,15-16,18-19H,4,10-14H2,1-3H3,(H,21,24)/t18-,19-/m0/s1. The maximum Gasteiger partial charge on any atom is 0.317 e. The van der Waals surface area contributed by atoms with Gasteiger partial charge < -0.3 is 15.0 Å². The van der Waals surface area contributed by atoms with Gasteiger partial charge in [-0.3, -0.25) is 4.90 Å². The van der Waals surface area contributed by atoms with Gasteiger partial charge in [0.15, 0.2) is 0 Å². The Kier molecular flexibility index (Phi) is 5.84. The molecule has 138 valence electrons. The Morgan fingerprint density at radius 3 is 2.52 bits per heavy atom. The van der Waals surface area contributed by atoms with Crippen LogP contribution < -0.4 is 10.1 Å². The van der Waals surface area contributed by atoms with Crippen molar-refractivity contribution < 1.29 is 9.53 Å².